The summed E-state index contributed by atoms with van der Waals surface area (Å²) in [7, 11) is 1.78. The van der Waals surface area contributed by atoms with E-state index in [0.29, 0.717) is 38.2 Å². The minimum atomic E-state index is -0.545. The Labute approximate surface area is 210 Å². The largest absolute Gasteiger partial charge is 0.493 e. The molecule has 1 fully saturated rings. The molecule has 3 aromatic rings. The van der Waals surface area contributed by atoms with Crippen LogP contribution in [-0.4, -0.2) is 48.4 Å². The summed E-state index contributed by atoms with van der Waals surface area (Å²) in [5, 5.41) is 0. The third kappa shape index (κ3) is 6.27. The van der Waals surface area contributed by atoms with E-state index < -0.39 is 11.2 Å². The molecule has 1 heterocycles. The topological polar surface area (TPSA) is 49.9 Å². The molecule has 2 amide bonds. The second kappa shape index (κ2) is 11.3. The normalized spacial score (nSPS) is 14.8. The van der Waals surface area contributed by atoms with Crippen LogP contribution < -0.4 is 4.74 Å². The van der Waals surface area contributed by atoms with Crippen molar-refractivity contribution >= 4 is 11.8 Å². The minimum absolute atomic E-state index is 0.0181. The van der Waals surface area contributed by atoms with Crippen molar-refractivity contribution in [3.63, 3.8) is 0 Å². The lowest BCUT2D eigenvalue weighted by atomic mass is 9.75. The molecule has 1 aliphatic heterocycles. The molecule has 0 aliphatic carbocycles. The van der Waals surface area contributed by atoms with Crippen LogP contribution >= 0.6 is 0 Å². The fourth-order valence-electron chi connectivity index (χ4n) is 4.53. The van der Waals surface area contributed by atoms with Gasteiger partial charge in [0.1, 0.15) is 17.4 Å². The van der Waals surface area contributed by atoms with Crippen molar-refractivity contribution < 1.29 is 23.1 Å². The summed E-state index contributed by atoms with van der Waals surface area (Å²) < 4.78 is 33.5. The van der Waals surface area contributed by atoms with E-state index in [2.05, 4.69) is 0 Å². The summed E-state index contributed by atoms with van der Waals surface area (Å²) in [4.78, 5) is 29.5. The van der Waals surface area contributed by atoms with Crippen LogP contribution in [0.15, 0.2) is 78.9 Å². The number of benzene rings is 3. The average molecular weight is 493 g/mol. The van der Waals surface area contributed by atoms with Crippen molar-refractivity contribution in [3.05, 3.63) is 102 Å². The highest BCUT2D eigenvalue weighted by Gasteiger charge is 2.39. The van der Waals surface area contributed by atoms with Crippen LogP contribution in [0.4, 0.5) is 8.78 Å². The van der Waals surface area contributed by atoms with Gasteiger partial charge in [0.15, 0.2) is 0 Å². The SMILES string of the molecule is CN(Cc1ccccc1)C(=O)CC1(COc2ccc(F)cc2)CCN(C(=O)c2ccccc2F)CC1. The molecule has 0 spiro atoms. The Hall–Kier alpha value is -3.74. The van der Waals surface area contributed by atoms with Crippen LogP contribution in [-0.2, 0) is 11.3 Å². The van der Waals surface area contributed by atoms with E-state index in [1.165, 1.54) is 24.3 Å². The van der Waals surface area contributed by atoms with E-state index in [9.17, 15) is 18.4 Å². The molecule has 1 saturated heterocycles. The Bertz CT molecular complexity index is 1180. The van der Waals surface area contributed by atoms with Gasteiger partial charge in [-0.05, 0) is 54.8 Å². The van der Waals surface area contributed by atoms with E-state index in [1.54, 1.807) is 41.1 Å². The Morgan fingerprint density at radius 3 is 2.22 bits per heavy atom. The minimum Gasteiger partial charge on any atom is -0.493 e. The van der Waals surface area contributed by atoms with Gasteiger partial charge in [-0.2, -0.15) is 0 Å². The predicted molar refractivity (Wildman–Crippen MR) is 133 cm³/mol. The van der Waals surface area contributed by atoms with E-state index >= 15 is 0 Å². The maximum atomic E-state index is 14.2. The standard InChI is InChI=1S/C29H30F2N2O3/c1-32(20-22-7-3-2-4-8-22)27(34)19-29(21-36-24-13-11-23(30)12-14-24)15-17-33(18-16-29)28(35)25-9-5-6-10-26(25)31/h2-14H,15-21H2,1H3. The van der Waals surface area contributed by atoms with Gasteiger partial charge in [-0.1, -0.05) is 42.5 Å². The van der Waals surface area contributed by atoms with E-state index in [4.69, 9.17) is 4.74 Å². The molecule has 1 aliphatic rings. The Kier molecular flexibility index (Phi) is 7.98. The van der Waals surface area contributed by atoms with Crippen LogP contribution in [0, 0.1) is 17.0 Å². The number of nitrogens with zero attached hydrogens (tertiary/aromatic N) is 2. The average Bonchev–Trinajstić information content (AvgIpc) is 2.89. The first-order valence-electron chi connectivity index (χ1n) is 12.1. The molecular weight excluding hydrogens is 462 g/mol. The summed E-state index contributed by atoms with van der Waals surface area (Å²) in [6, 6.07) is 21.5. The number of amides is 2. The number of piperidine rings is 1. The second-order valence-corrected chi connectivity index (χ2v) is 9.43. The molecule has 4 rings (SSSR count). The van der Waals surface area contributed by atoms with Gasteiger partial charge in [0, 0.05) is 38.5 Å². The number of likely N-dealkylation sites (tertiary alicyclic amines) is 1. The van der Waals surface area contributed by atoms with Gasteiger partial charge < -0.3 is 14.5 Å². The van der Waals surface area contributed by atoms with Gasteiger partial charge in [-0.25, -0.2) is 8.78 Å². The molecule has 0 bridgehead atoms. The lowest BCUT2D eigenvalue weighted by molar-refractivity contribution is -0.134. The maximum absolute atomic E-state index is 14.2. The first kappa shape index (κ1) is 25.4. The molecule has 0 atom stereocenters. The van der Waals surface area contributed by atoms with E-state index in [1.807, 2.05) is 30.3 Å². The molecule has 188 valence electrons. The molecule has 0 radical (unpaired) electrons. The smallest absolute Gasteiger partial charge is 0.256 e. The second-order valence-electron chi connectivity index (χ2n) is 9.43. The molecular formula is C29H30F2N2O3. The lowest BCUT2D eigenvalue weighted by Gasteiger charge is -2.42. The number of halogens is 2. The molecule has 0 aromatic heterocycles. The van der Waals surface area contributed by atoms with E-state index in [0.717, 1.165) is 5.56 Å². The van der Waals surface area contributed by atoms with Crippen molar-refractivity contribution in [2.24, 2.45) is 5.41 Å². The highest BCUT2D eigenvalue weighted by Crippen LogP contribution is 2.37. The number of carbonyl (C=O) groups excluding carboxylic acids is 2. The van der Waals surface area contributed by atoms with E-state index in [-0.39, 0.29) is 36.2 Å². The Morgan fingerprint density at radius 2 is 1.56 bits per heavy atom. The van der Waals surface area contributed by atoms with Crippen molar-refractivity contribution in [2.75, 3.05) is 26.7 Å². The Morgan fingerprint density at radius 1 is 0.917 bits per heavy atom. The number of hydrogen-bond acceptors (Lipinski definition) is 3. The first-order chi connectivity index (χ1) is 17.3. The summed E-state index contributed by atoms with van der Waals surface area (Å²) in [5.41, 5.74) is 0.573. The van der Waals surface area contributed by atoms with Crippen molar-refractivity contribution in [2.45, 2.75) is 25.8 Å². The third-order valence-corrected chi connectivity index (χ3v) is 6.79. The maximum Gasteiger partial charge on any atom is 0.256 e. The van der Waals surface area contributed by atoms with Gasteiger partial charge >= 0.3 is 0 Å². The van der Waals surface area contributed by atoms with Crippen molar-refractivity contribution in [1.29, 1.82) is 0 Å². The van der Waals surface area contributed by atoms with Crippen LogP contribution in [0.5, 0.6) is 5.75 Å². The van der Waals surface area contributed by atoms with Gasteiger partial charge in [0.2, 0.25) is 5.91 Å². The van der Waals surface area contributed by atoms with Gasteiger partial charge in [0.25, 0.3) is 5.91 Å². The molecule has 0 N–H and O–H groups in total. The Balaban J connectivity index is 1.46. The molecule has 36 heavy (non-hydrogen) atoms. The molecule has 7 heteroatoms. The highest BCUT2D eigenvalue weighted by atomic mass is 19.1. The lowest BCUT2D eigenvalue weighted by Crippen LogP contribution is -2.47. The summed E-state index contributed by atoms with van der Waals surface area (Å²) in [6.07, 6.45) is 1.30. The van der Waals surface area contributed by atoms with Crippen molar-refractivity contribution in [3.8, 4) is 5.75 Å². The first-order valence-corrected chi connectivity index (χ1v) is 12.1. The zero-order chi connectivity index (χ0) is 25.5. The van der Waals surface area contributed by atoms with Crippen LogP contribution in [0.1, 0.15) is 35.2 Å². The predicted octanol–water partition coefficient (Wildman–Crippen LogP) is 5.31. The zero-order valence-electron chi connectivity index (χ0n) is 20.3. The number of carbonyl (C=O) groups is 2. The van der Waals surface area contributed by atoms with Gasteiger partial charge in [-0.15, -0.1) is 0 Å². The number of rotatable bonds is 8. The van der Waals surface area contributed by atoms with Crippen molar-refractivity contribution in [1.82, 2.24) is 9.80 Å². The van der Waals surface area contributed by atoms with Crippen LogP contribution in [0.25, 0.3) is 0 Å². The highest BCUT2D eigenvalue weighted by molar-refractivity contribution is 5.94. The molecule has 0 saturated carbocycles. The fourth-order valence-corrected chi connectivity index (χ4v) is 4.53. The third-order valence-electron chi connectivity index (χ3n) is 6.79. The number of hydrogen-bond donors (Lipinski definition) is 0. The molecule has 5 nitrogen and oxygen atoms in total. The van der Waals surface area contributed by atoms with Crippen LogP contribution in [0.3, 0.4) is 0 Å². The number of ether oxygens (including phenoxy) is 1. The summed E-state index contributed by atoms with van der Waals surface area (Å²) in [6.45, 7) is 1.52. The van der Waals surface area contributed by atoms with Crippen LogP contribution in [0.2, 0.25) is 0 Å². The fraction of sp³-hybridized carbons (Fsp3) is 0.310. The summed E-state index contributed by atoms with van der Waals surface area (Å²) in [5.74, 6) is -0.749. The van der Waals surface area contributed by atoms with Gasteiger partial charge in [-0.3, -0.25) is 9.59 Å². The summed E-state index contributed by atoms with van der Waals surface area (Å²) >= 11 is 0. The molecule has 0 unspecified atom stereocenters. The van der Waals surface area contributed by atoms with Gasteiger partial charge in [0.05, 0.1) is 12.2 Å². The monoisotopic (exact) mass is 492 g/mol. The molecule has 3 aromatic carbocycles. The quantitative estimate of drug-likeness (QED) is 0.428. The zero-order valence-corrected chi connectivity index (χ0v) is 20.3.